The molecule has 0 saturated heterocycles. The van der Waals surface area contributed by atoms with Crippen molar-refractivity contribution in [2.24, 2.45) is 5.92 Å². The fraction of sp³-hybridized carbons (Fsp3) is 0.208. The SMILES string of the molecule is Cc1ccc(C(=O)NC(C(=O)Nc2cccc(NC(=O)c3cccs3)c2)C(C)C)cc1. The standard InChI is InChI=1S/C24H25N3O3S/c1-15(2)21(27-22(28)17-11-9-16(3)10-12-17)24(30)26-19-7-4-6-18(14-19)25-23(29)20-8-5-13-31-20/h4-15,21H,1-3H3,(H,25,29)(H,26,30)(H,27,28). The summed E-state index contributed by atoms with van der Waals surface area (Å²) in [7, 11) is 0. The number of anilines is 2. The number of rotatable bonds is 7. The molecule has 0 fully saturated rings. The van der Waals surface area contributed by atoms with E-state index in [9.17, 15) is 14.4 Å². The van der Waals surface area contributed by atoms with Crippen LogP contribution in [0.4, 0.5) is 11.4 Å². The molecule has 7 heteroatoms. The van der Waals surface area contributed by atoms with Gasteiger partial charge in [0.1, 0.15) is 6.04 Å². The third kappa shape index (κ3) is 6.02. The Morgan fingerprint density at radius 1 is 0.839 bits per heavy atom. The highest BCUT2D eigenvalue weighted by atomic mass is 32.1. The summed E-state index contributed by atoms with van der Waals surface area (Å²) in [5.74, 6) is -0.942. The molecule has 3 amide bonds. The van der Waals surface area contributed by atoms with Crippen molar-refractivity contribution in [2.45, 2.75) is 26.8 Å². The van der Waals surface area contributed by atoms with Crippen LogP contribution in [0.2, 0.25) is 0 Å². The van der Waals surface area contributed by atoms with E-state index < -0.39 is 6.04 Å². The van der Waals surface area contributed by atoms with Crippen LogP contribution < -0.4 is 16.0 Å². The van der Waals surface area contributed by atoms with Crippen LogP contribution in [0.3, 0.4) is 0 Å². The first-order valence-corrected chi connectivity index (χ1v) is 10.8. The van der Waals surface area contributed by atoms with E-state index in [1.165, 1.54) is 11.3 Å². The lowest BCUT2D eigenvalue weighted by molar-refractivity contribution is -0.118. The molecular weight excluding hydrogens is 410 g/mol. The van der Waals surface area contributed by atoms with E-state index in [-0.39, 0.29) is 23.6 Å². The van der Waals surface area contributed by atoms with E-state index in [1.807, 2.05) is 44.4 Å². The summed E-state index contributed by atoms with van der Waals surface area (Å²) in [5.41, 5.74) is 2.66. The van der Waals surface area contributed by atoms with Gasteiger partial charge in [-0.05, 0) is 54.6 Å². The number of carbonyl (C=O) groups is 3. The van der Waals surface area contributed by atoms with Crippen molar-refractivity contribution in [3.63, 3.8) is 0 Å². The Balaban J connectivity index is 1.67. The fourth-order valence-electron chi connectivity index (χ4n) is 2.96. The number of nitrogens with one attached hydrogen (secondary N) is 3. The lowest BCUT2D eigenvalue weighted by Crippen LogP contribution is -2.47. The molecule has 0 aliphatic rings. The summed E-state index contributed by atoms with van der Waals surface area (Å²) >= 11 is 1.35. The number of hydrogen-bond acceptors (Lipinski definition) is 4. The lowest BCUT2D eigenvalue weighted by atomic mass is 10.0. The van der Waals surface area contributed by atoms with E-state index in [2.05, 4.69) is 16.0 Å². The predicted molar refractivity (Wildman–Crippen MR) is 125 cm³/mol. The molecule has 1 heterocycles. The highest BCUT2D eigenvalue weighted by Gasteiger charge is 2.25. The van der Waals surface area contributed by atoms with Crippen molar-refractivity contribution in [3.05, 3.63) is 82.0 Å². The number of hydrogen-bond donors (Lipinski definition) is 3. The summed E-state index contributed by atoms with van der Waals surface area (Å²) < 4.78 is 0. The zero-order valence-corrected chi connectivity index (χ0v) is 18.5. The molecule has 0 bridgehead atoms. The maximum absolute atomic E-state index is 12.9. The zero-order valence-electron chi connectivity index (χ0n) is 17.6. The third-order valence-electron chi connectivity index (χ3n) is 4.68. The van der Waals surface area contributed by atoms with Gasteiger partial charge < -0.3 is 16.0 Å². The smallest absolute Gasteiger partial charge is 0.265 e. The Hall–Kier alpha value is -3.45. The van der Waals surface area contributed by atoms with E-state index in [0.717, 1.165) is 5.56 Å². The fourth-order valence-corrected chi connectivity index (χ4v) is 3.58. The number of amides is 3. The molecule has 0 saturated carbocycles. The Morgan fingerprint density at radius 2 is 1.52 bits per heavy atom. The largest absolute Gasteiger partial charge is 0.340 e. The summed E-state index contributed by atoms with van der Waals surface area (Å²) in [6.07, 6.45) is 0. The summed E-state index contributed by atoms with van der Waals surface area (Å²) in [4.78, 5) is 38.3. The van der Waals surface area contributed by atoms with Crippen LogP contribution in [0, 0.1) is 12.8 Å². The zero-order chi connectivity index (χ0) is 22.4. The second-order valence-corrected chi connectivity index (χ2v) is 8.51. The molecule has 160 valence electrons. The minimum absolute atomic E-state index is 0.115. The van der Waals surface area contributed by atoms with Gasteiger partial charge in [0.25, 0.3) is 11.8 Å². The van der Waals surface area contributed by atoms with Crippen LogP contribution in [0.15, 0.2) is 66.0 Å². The minimum Gasteiger partial charge on any atom is -0.340 e. The first-order valence-electron chi connectivity index (χ1n) is 9.97. The van der Waals surface area contributed by atoms with Crippen LogP contribution in [-0.2, 0) is 4.79 Å². The highest BCUT2D eigenvalue weighted by Crippen LogP contribution is 2.18. The second kappa shape index (κ2) is 10.0. The number of thiophene rings is 1. The van der Waals surface area contributed by atoms with Gasteiger partial charge >= 0.3 is 0 Å². The lowest BCUT2D eigenvalue weighted by Gasteiger charge is -2.22. The summed E-state index contributed by atoms with van der Waals surface area (Å²) in [6.45, 7) is 5.69. The van der Waals surface area contributed by atoms with Gasteiger partial charge in [-0.15, -0.1) is 11.3 Å². The monoisotopic (exact) mass is 435 g/mol. The van der Waals surface area contributed by atoms with Crippen molar-refractivity contribution < 1.29 is 14.4 Å². The molecule has 0 radical (unpaired) electrons. The number of benzene rings is 2. The summed E-state index contributed by atoms with van der Waals surface area (Å²) in [5, 5.41) is 10.3. The van der Waals surface area contributed by atoms with Gasteiger partial charge in [0.15, 0.2) is 0 Å². The molecule has 31 heavy (non-hydrogen) atoms. The predicted octanol–water partition coefficient (Wildman–Crippen LogP) is 4.70. The molecule has 3 rings (SSSR count). The molecule has 0 aliphatic heterocycles. The van der Waals surface area contributed by atoms with E-state index >= 15 is 0 Å². The summed E-state index contributed by atoms with van der Waals surface area (Å²) in [6, 6.07) is 16.9. The molecule has 1 atom stereocenters. The molecular formula is C24H25N3O3S. The Morgan fingerprint density at radius 3 is 2.13 bits per heavy atom. The van der Waals surface area contributed by atoms with Crippen LogP contribution in [0.1, 0.15) is 39.4 Å². The van der Waals surface area contributed by atoms with Gasteiger partial charge in [0, 0.05) is 16.9 Å². The van der Waals surface area contributed by atoms with E-state index in [0.29, 0.717) is 21.8 Å². The molecule has 3 aromatic rings. The quantitative estimate of drug-likeness (QED) is 0.503. The molecule has 6 nitrogen and oxygen atoms in total. The van der Waals surface area contributed by atoms with Crippen molar-refractivity contribution >= 4 is 40.4 Å². The highest BCUT2D eigenvalue weighted by molar-refractivity contribution is 7.12. The average Bonchev–Trinajstić information content (AvgIpc) is 3.27. The van der Waals surface area contributed by atoms with Crippen molar-refractivity contribution in [2.75, 3.05) is 10.6 Å². The van der Waals surface area contributed by atoms with E-state index in [4.69, 9.17) is 0 Å². The number of aryl methyl sites for hydroxylation is 1. The van der Waals surface area contributed by atoms with Crippen LogP contribution in [-0.4, -0.2) is 23.8 Å². The molecule has 0 aliphatic carbocycles. The van der Waals surface area contributed by atoms with Crippen molar-refractivity contribution in [1.82, 2.24) is 5.32 Å². The molecule has 2 aromatic carbocycles. The van der Waals surface area contributed by atoms with Gasteiger partial charge in [-0.3, -0.25) is 14.4 Å². The van der Waals surface area contributed by atoms with Gasteiger partial charge in [-0.2, -0.15) is 0 Å². The van der Waals surface area contributed by atoms with Crippen LogP contribution in [0.5, 0.6) is 0 Å². The normalized spacial score (nSPS) is 11.6. The Labute approximate surface area is 185 Å². The van der Waals surface area contributed by atoms with Crippen LogP contribution in [0.25, 0.3) is 0 Å². The maximum Gasteiger partial charge on any atom is 0.265 e. The van der Waals surface area contributed by atoms with Gasteiger partial charge in [0.2, 0.25) is 5.91 Å². The molecule has 1 unspecified atom stereocenters. The second-order valence-electron chi connectivity index (χ2n) is 7.56. The first kappa shape index (κ1) is 22.2. The Bertz CT molecular complexity index is 1060. The van der Waals surface area contributed by atoms with E-state index in [1.54, 1.807) is 42.5 Å². The first-order chi connectivity index (χ1) is 14.8. The average molecular weight is 436 g/mol. The molecule has 1 aromatic heterocycles. The third-order valence-corrected chi connectivity index (χ3v) is 5.55. The topological polar surface area (TPSA) is 87.3 Å². The van der Waals surface area contributed by atoms with Crippen molar-refractivity contribution in [3.8, 4) is 0 Å². The minimum atomic E-state index is -0.710. The van der Waals surface area contributed by atoms with Gasteiger partial charge in [-0.25, -0.2) is 0 Å². The van der Waals surface area contributed by atoms with Gasteiger partial charge in [0.05, 0.1) is 4.88 Å². The van der Waals surface area contributed by atoms with Crippen molar-refractivity contribution in [1.29, 1.82) is 0 Å². The molecule has 0 spiro atoms. The van der Waals surface area contributed by atoms with Gasteiger partial charge in [-0.1, -0.05) is 43.7 Å². The number of carbonyl (C=O) groups excluding carboxylic acids is 3. The molecule has 3 N–H and O–H groups in total. The Kier molecular flexibility index (Phi) is 7.20. The maximum atomic E-state index is 12.9. The van der Waals surface area contributed by atoms with Crippen LogP contribution >= 0.6 is 11.3 Å².